The molecule has 0 saturated carbocycles. The lowest BCUT2D eigenvalue weighted by atomic mass is 10.2. The number of carbonyl (C=O) groups is 1. The molecule has 0 aliphatic rings. The second-order valence-electron chi connectivity index (χ2n) is 3.49. The van der Waals surface area contributed by atoms with Gasteiger partial charge in [-0.1, -0.05) is 11.6 Å². The van der Waals surface area contributed by atoms with Crippen molar-refractivity contribution < 1.29 is 9.90 Å². The van der Waals surface area contributed by atoms with Crippen molar-refractivity contribution in [3.63, 3.8) is 0 Å². The average Bonchev–Trinajstić information content (AvgIpc) is 2.70. The number of nitrogens with zero attached hydrogens (tertiary/aromatic N) is 3. The number of hydrogen-bond donors (Lipinski definition) is 1. The van der Waals surface area contributed by atoms with Gasteiger partial charge in [0.2, 0.25) is 0 Å². The van der Waals surface area contributed by atoms with Gasteiger partial charge < -0.3 is 9.67 Å². The molecule has 2 heterocycles. The van der Waals surface area contributed by atoms with E-state index < -0.39 is 5.97 Å². The van der Waals surface area contributed by atoms with Crippen molar-refractivity contribution in [1.29, 1.82) is 0 Å². The molecule has 2 rings (SSSR count). The molecule has 16 heavy (non-hydrogen) atoms. The zero-order chi connectivity index (χ0) is 11.9. The Kier molecular flexibility index (Phi) is 2.47. The van der Waals surface area contributed by atoms with Crippen molar-refractivity contribution >= 4 is 17.6 Å². The molecular weight excluding hydrogens is 230 g/mol. The highest BCUT2D eigenvalue weighted by molar-refractivity contribution is 6.33. The normalized spacial score (nSPS) is 10.7. The summed E-state index contributed by atoms with van der Waals surface area (Å²) in [7, 11) is 3.44. The van der Waals surface area contributed by atoms with Crippen molar-refractivity contribution in [2.24, 2.45) is 14.1 Å². The largest absolute Gasteiger partial charge is 0.477 e. The number of aryl methyl sites for hydroxylation is 2. The molecule has 84 valence electrons. The summed E-state index contributed by atoms with van der Waals surface area (Å²) < 4.78 is 3.16. The summed E-state index contributed by atoms with van der Waals surface area (Å²) in [6.07, 6.45) is 3.25. The zero-order valence-corrected chi connectivity index (χ0v) is 9.56. The topological polar surface area (TPSA) is 60.0 Å². The molecule has 5 nitrogen and oxygen atoms in total. The maximum Gasteiger partial charge on any atom is 0.352 e. The summed E-state index contributed by atoms with van der Waals surface area (Å²) in [6, 6.07) is 1.57. The molecule has 0 aliphatic heterocycles. The van der Waals surface area contributed by atoms with Gasteiger partial charge in [0, 0.05) is 25.9 Å². The molecule has 0 saturated heterocycles. The molecule has 0 atom stereocenters. The molecule has 0 aliphatic carbocycles. The lowest BCUT2D eigenvalue weighted by molar-refractivity contribution is 0.0686. The molecule has 0 spiro atoms. The Morgan fingerprint density at radius 3 is 2.62 bits per heavy atom. The molecule has 0 unspecified atom stereocenters. The summed E-state index contributed by atoms with van der Waals surface area (Å²) in [6.45, 7) is 0. The first-order valence-corrected chi connectivity index (χ1v) is 4.96. The Morgan fingerprint density at radius 1 is 1.50 bits per heavy atom. The van der Waals surface area contributed by atoms with Crippen LogP contribution in [0.25, 0.3) is 11.3 Å². The van der Waals surface area contributed by atoms with Gasteiger partial charge in [-0.2, -0.15) is 5.10 Å². The van der Waals surface area contributed by atoms with Gasteiger partial charge in [-0.25, -0.2) is 4.79 Å². The van der Waals surface area contributed by atoms with Crippen LogP contribution >= 0.6 is 11.6 Å². The SMILES string of the molecule is Cn1cc(-c2c(Cl)cnn2C)cc1C(=O)O. The number of hydrogen-bond acceptors (Lipinski definition) is 2. The summed E-state index contributed by atoms with van der Waals surface area (Å²) >= 11 is 5.98. The fourth-order valence-corrected chi connectivity index (χ4v) is 1.92. The van der Waals surface area contributed by atoms with Gasteiger partial charge in [-0.3, -0.25) is 4.68 Å². The molecule has 0 amide bonds. The van der Waals surface area contributed by atoms with Crippen LogP contribution < -0.4 is 0 Å². The van der Waals surface area contributed by atoms with Gasteiger partial charge in [0.25, 0.3) is 0 Å². The first kappa shape index (κ1) is 10.8. The second kappa shape index (κ2) is 3.68. The molecule has 0 fully saturated rings. The van der Waals surface area contributed by atoms with Crippen LogP contribution in [0.2, 0.25) is 5.02 Å². The van der Waals surface area contributed by atoms with E-state index in [2.05, 4.69) is 5.10 Å². The first-order valence-electron chi connectivity index (χ1n) is 4.58. The van der Waals surface area contributed by atoms with Crippen molar-refractivity contribution in [2.45, 2.75) is 0 Å². The van der Waals surface area contributed by atoms with Crippen LogP contribution in [0.15, 0.2) is 18.5 Å². The molecule has 1 N–H and O–H groups in total. The summed E-state index contributed by atoms with van der Waals surface area (Å²) in [5, 5.41) is 13.4. The van der Waals surface area contributed by atoms with Crippen LogP contribution in [-0.2, 0) is 14.1 Å². The minimum atomic E-state index is -0.966. The highest BCUT2D eigenvalue weighted by Gasteiger charge is 2.15. The molecule has 2 aromatic rings. The third-order valence-corrected chi connectivity index (χ3v) is 2.67. The van der Waals surface area contributed by atoms with Gasteiger partial charge in [-0.15, -0.1) is 0 Å². The molecule has 0 bridgehead atoms. The third kappa shape index (κ3) is 1.59. The van der Waals surface area contributed by atoms with Crippen LogP contribution in [0.4, 0.5) is 0 Å². The van der Waals surface area contributed by atoms with Gasteiger partial charge >= 0.3 is 5.97 Å². The predicted octanol–water partition coefficient (Wildman–Crippen LogP) is 1.78. The lowest BCUT2D eigenvalue weighted by Crippen LogP contribution is -2.02. The molecular formula is C10H10ClN3O2. The Hall–Kier alpha value is -1.75. The van der Waals surface area contributed by atoms with Gasteiger partial charge in [0.1, 0.15) is 5.69 Å². The Labute approximate surface area is 96.9 Å². The van der Waals surface area contributed by atoms with Crippen molar-refractivity contribution in [1.82, 2.24) is 14.3 Å². The molecule has 0 aromatic carbocycles. The third-order valence-electron chi connectivity index (χ3n) is 2.39. The van der Waals surface area contributed by atoms with Crippen molar-refractivity contribution in [3.05, 3.63) is 29.2 Å². The monoisotopic (exact) mass is 239 g/mol. The van der Waals surface area contributed by atoms with E-state index in [0.29, 0.717) is 10.7 Å². The Balaban J connectivity index is 2.58. The Morgan fingerprint density at radius 2 is 2.19 bits per heavy atom. The lowest BCUT2D eigenvalue weighted by Gasteiger charge is -1.98. The zero-order valence-electron chi connectivity index (χ0n) is 8.81. The number of aromatic carboxylic acids is 1. The van der Waals surface area contributed by atoms with Gasteiger partial charge in [0.15, 0.2) is 0 Å². The van der Waals surface area contributed by atoms with E-state index in [1.807, 2.05) is 0 Å². The smallest absolute Gasteiger partial charge is 0.352 e. The fourth-order valence-electron chi connectivity index (χ4n) is 1.64. The molecule has 6 heteroatoms. The van der Waals surface area contributed by atoms with Crippen LogP contribution in [0.1, 0.15) is 10.5 Å². The second-order valence-corrected chi connectivity index (χ2v) is 3.90. The fraction of sp³-hybridized carbons (Fsp3) is 0.200. The van der Waals surface area contributed by atoms with E-state index in [1.54, 1.807) is 35.6 Å². The van der Waals surface area contributed by atoms with Crippen LogP contribution in [-0.4, -0.2) is 25.4 Å². The average molecular weight is 240 g/mol. The van der Waals surface area contributed by atoms with E-state index in [9.17, 15) is 4.79 Å². The number of rotatable bonds is 2. The standard InChI is InChI=1S/C10H10ClN3O2/c1-13-5-6(3-8(13)10(15)16)9-7(11)4-12-14(9)2/h3-5H,1-2H3,(H,15,16). The van der Waals surface area contributed by atoms with Crippen molar-refractivity contribution in [2.75, 3.05) is 0 Å². The van der Waals surface area contributed by atoms with Gasteiger partial charge in [-0.05, 0) is 6.07 Å². The van der Waals surface area contributed by atoms with E-state index >= 15 is 0 Å². The van der Waals surface area contributed by atoms with Gasteiger partial charge in [0.05, 0.1) is 16.9 Å². The van der Waals surface area contributed by atoms with E-state index in [-0.39, 0.29) is 5.69 Å². The number of carboxylic acids is 1. The number of halogens is 1. The minimum Gasteiger partial charge on any atom is -0.477 e. The quantitative estimate of drug-likeness (QED) is 0.869. The summed E-state index contributed by atoms with van der Waals surface area (Å²) in [4.78, 5) is 10.9. The number of carboxylic acid groups (broad SMARTS) is 1. The van der Waals surface area contributed by atoms with Crippen LogP contribution in [0.5, 0.6) is 0 Å². The summed E-state index contributed by atoms with van der Waals surface area (Å²) in [5.41, 5.74) is 1.67. The maximum atomic E-state index is 10.9. The van der Waals surface area contributed by atoms with E-state index in [4.69, 9.17) is 16.7 Å². The van der Waals surface area contributed by atoms with Crippen molar-refractivity contribution in [3.8, 4) is 11.3 Å². The maximum absolute atomic E-state index is 10.9. The highest BCUT2D eigenvalue weighted by Crippen LogP contribution is 2.28. The predicted molar refractivity (Wildman–Crippen MR) is 59.6 cm³/mol. The van der Waals surface area contributed by atoms with E-state index in [0.717, 1.165) is 5.56 Å². The van der Waals surface area contributed by atoms with Crippen LogP contribution in [0, 0.1) is 0 Å². The van der Waals surface area contributed by atoms with E-state index in [1.165, 1.54) is 6.20 Å². The Bertz CT molecular complexity index is 537. The van der Waals surface area contributed by atoms with Crippen LogP contribution in [0.3, 0.4) is 0 Å². The molecule has 0 radical (unpaired) electrons. The number of aromatic nitrogens is 3. The highest BCUT2D eigenvalue weighted by atomic mass is 35.5. The first-order chi connectivity index (χ1) is 7.50. The minimum absolute atomic E-state index is 0.215. The molecule has 2 aromatic heterocycles. The summed E-state index contributed by atoms with van der Waals surface area (Å²) in [5.74, 6) is -0.966.